The number of hydrogen-bond donors (Lipinski definition) is 0. The Hall–Kier alpha value is -3.75. The number of halogens is 4. The first-order valence-electron chi connectivity index (χ1n) is 12.9. The monoisotopic (exact) mass is 548 g/mol. The van der Waals surface area contributed by atoms with E-state index in [-0.39, 0.29) is 5.92 Å². The lowest BCUT2D eigenvalue weighted by atomic mass is 9.87. The fourth-order valence-corrected chi connectivity index (χ4v) is 4.27. The van der Waals surface area contributed by atoms with Gasteiger partial charge in [-0.15, -0.1) is 13.2 Å². The number of aromatic nitrogens is 1. The van der Waals surface area contributed by atoms with E-state index in [4.69, 9.17) is 9.15 Å². The maximum atomic E-state index is 13.9. The van der Waals surface area contributed by atoms with Gasteiger partial charge in [0, 0.05) is 36.3 Å². The Balaban J connectivity index is 0.00000127. The van der Waals surface area contributed by atoms with Gasteiger partial charge in [-0.3, -0.25) is 0 Å². The zero-order chi connectivity index (χ0) is 29.3. The Morgan fingerprint density at radius 3 is 2.36 bits per heavy atom. The van der Waals surface area contributed by atoms with Gasteiger partial charge in [0.15, 0.2) is 23.2 Å². The van der Waals surface area contributed by atoms with E-state index in [1.54, 1.807) is 20.2 Å². The molecule has 0 bridgehead atoms. The van der Waals surface area contributed by atoms with Crippen LogP contribution in [0.25, 0.3) is 17.0 Å². The van der Waals surface area contributed by atoms with E-state index in [0.29, 0.717) is 47.3 Å². The lowest BCUT2D eigenvalue weighted by molar-refractivity contribution is -0.275. The second kappa shape index (κ2) is 13.9. The number of allylic oxidation sites excluding steroid dienone is 1. The fourth-order valence-electron chi connectivity index (χ4n) is 4.27. The number of hydrogen-bond acceptors (Lipinski definition) is 5. The highest BCUT2D eigenvalue weighted by Gasteiger charge is 2.33. The minimum absolute atomic E-state index is 0.324. The van der Waals surface area contributed by atoms with Crippen LogP contribution in [0.15, 0.2) is 65.9 Å². The van der Waals surface area contributed by atoms with E-state index in [1.165, 1.54) is 6.07 Å². The highest BCUT2D eigenvalue weighted by atomic mass is 19.4. The van der Waals surface area contributed by atoms with E-state index >= 15 is 0 Å². The maximum Gasteiger partial charge on any atom is 0.573 e. The van der Waals surface area contributed by atoms with Crippen molar-refractivity contribution in [3.8, 4) is 22.8 Å². The zero-order valence-corrected chi connectivity index (χ0v) is 23.3. The van der Waals surface area contributed by atoms with Crippen molar-refractivity contribution in [2.45, 2.75) is 59.7 Å². The van der Waals surface area contributed by atoms with Crippen LogP contribution in [-0.4, -0.2) is 29.9 Å². The summed E-state index contributed by atoms with van der Waals surface area (Å²) in [5.41, 5.74) is 3.32. The van der Waals surface area contributed by atoms with E-state index < -0.39 is 17.9 Å². The maximum absolute atomic E-state index is 13.9. The highest BCUT2D eigenvalue weighted by molar-refractivity contribution is 5.73. The van der Waals surface area contributed by atoms with Gasteiger partial charge in [0.25, 0.3) is 0 Å². The molecule has 0 radical (unpaired) electrons. The minimum atomic E-state index is -4.99. The molecule has 39 heavy (non-hydrogen) atoms. The van der Waals surface area contributed by atoms with Crippen LogP contribution < -0.4 is 9.47 Å². The van der Waals surface area contributed by atoms with E-state index in [2.05, 4.69) is 22.9 Å². The van der Waals surface area contributed by atoms with Crippen molar-refractivity contribution in [2.24, 2.45) is 0 Å². The smallest absolute Gasteiger partial charge is 0.496 e. The predicted molar refractivity (Wildman–Crippen MR) is 146 cm³/mol. The molecule has 1 atom stereocenters. The number of ether oxygens (including phenoxy) is 2. The first-order chi connectivity index (χ1) is 18.6. The molecule has 2 aromatic carbocycles. The quantitative estimate of drug-likeness (QED) is 0.288. The first-order valence-corrected chi connectivity index (χ1v) is 12.9. The molecule has 9 heteroatoms. The van der Waals surface area contributed by atoms with Crippen LogP contribution in [0.2, 0.25) is 0 Å². The number of alkyl halides is 3. The molecule has 0 amide bonds. The van der Waals surface area contributed by atoms with E-state index in [0.717, 1.165) is 29.7 Å². The Morgan fingerprint density at radius 2 is 1.77 bits per heavy atom. The Morgan fingerprint density at radius 1 is 1.08 bits per heavy atom. The molecule has 3 aromatic rings. The van der Waals surface area contributed by atoms with Crippen LogP contribution in [0.5, 0.6) is 11.5 Å². The summed E-state index contributed by atoms with van der Waals surface area (Å²) in [5, 5.41) is 0. The van der Waals surface area contributed by atoms with Crippen LogP contribution >= 0.6 is 0 Å². The number of nitrogens with zero attached hydrogens (tertiary/aromatic N) is 2. The van der Waals surface area contributed by atoms with Crippen LogP contribution in [0.4, 0.5) is 17.6 Å². The van der Waals surface area contributed by atoms with Crippen LogP contribution in [0.3, 0.4) is 0 Å². The normalized spacial score (nSPS) is 15.0. The molecule has 1 unspecified atom stereocenters. The van der Waals surface area contributed by atoms with Crippen molar-refractivity contribution in [1.82, 2.24) is 9.88 Å². The molecule has 1 saturated heterocycles. The van der Waals surface area contributed by atoms with Gasteiger partial charge in [0.05, 0.1) is 18.9 Å². The molecular weight excluding hydrogens is 512 g/mol. The molecule has 5 nitrogen and oxygen atoms in total. The molecule has 1 aliphatic heterocycles. The number of benzene rings is 2. The van der Waals surface area contributed by atoms with Crippen LogP contribution in [-0.2, 0) is 0 Å². The Bertz CT molecular complexity index is 1270. The molecule has 0 spiro atoms. The number of rotatable bonds is 6. The van der Waals surface area contributed by atoms with Gasteiger partial charge >= 0.3 is 6.36 Å². The molecule has 0 aliphatic carbocycles. The van der Waals surface area contributed by atoms with Gasteiger partial charge in [0.2, 0.25) is 0 Å². The molecule has 212 valence electrons. The number of piperidine rings is 1. The topological polar surface area (TPSA) is 47.7 Å². The summed E-state index contributed by atoms with van der Waals surface area (Å²) in [6.07, 6.45) is -1.98. The van der Waals surface area contributed by atoms with E-state index in [1.807, 2.05) is 50.8 Å². The first kappa shape index (κ1) is 31.5. The summed E-state index contributed by atoms with van der Waals surface area (Å²) in [4.78, 5) is 6.05. The molecule has 1 fully saturated rings. The minimum Gasteiger partial charge on any atom is -0.496 e. The van der Waals surface area contributed by atoms with Crippen LogP contribution in [0, 0.1) is 12.7 Å². The summed E-state index contributed by atoms with van der Waals surface area (Å²) >= 11 is 0. The van der Waals surface area contributed by atoms with Gasteiger partial charge in [-0.05, 0) is 42.7 Å². The molecule has 4 rings (SSSR count). The summed E-state index contributed by atoms with van der Waals surface area (Å²) in [6, 6.07) is 9.08. The molecule has 2 heterocycles. The number of methoxy groups -OCH3 is 1. The molecule has 1 aliphatic rings. The fraction of sp³-hybridized carbons (Fsp3) is 0.367. The third-order valence-corrected chi connectivity index (χ3v) is 5.95. The molecule has 0 saturated carbocycles. The van der Waals surface area contributed by atoms with Gasteiger partial charge < -0.3 is 18.8 Å². The van der Waals surface area contributed by atoms with E-state index in [9.17, 15) is 17.6 Å². The third kappa shape index (κ3) is 7.65. The second-order valence-electron chi connectivity index (χ2n) is 8.18. The largest absolute Gasteiger partial charge is 0.573 e. The number of oxazole rings is 1. The Labute approximate surface area is 227 Å². The summed E-state index contributed by atoms with van der Waals surface area (Å²) in [5.74, 6) is -0.575. The van der Waals surface area contributed by atoms with Crippen molar-refractivity contribution in [3.63, 3.8) is 0 Å². The SMILES string of the molecule is C=C(c1ccc(-c2cnc(C)o2)c(OC)c1)N1CCCC(c2ccc(F)c(OC(F)(F)F)c2)C1=C.CC.CC. The average molecular weight is 549 g/mol. The lowest BCUT2D eigenvalue weighted by Gasteiger charge is -2.38. The van der Waals surface area contributed by atoms with Crippen molar-refractivity contribution in [2.75, 3.05) is 13.7 Å². The third-order valence-electron chi connectivity index (χ3n) is 5.95. The van der Waals surface area contributed by atoms with Gasteiger partial charge in [-0.25, -0.2) is 9.37 Å². The summed E-state index contributed by atoms with van der Waals surface area (Å²) < 4.78 is 67.0. The highest BCUT2D eigenvalue weighted by Crippen LogP contribution is 2.41. The van der Waals surface area contributed by atoms with Crippen molar-refractivity contribution in [1.29, 1.82) is 0 Å². The van der Waals surface area contributed by atoms with Crippen molar-refractivity contribution >= 4 is 5.70 Å². The van der Waals surface area contributed by atoms with Gasteiger partial charge in [-0.1, -0.05) is 53.0 Å². The molecular formula is C30H36F4N2O3. The van der Waals surface area contributed by atoms with Gasteiger partial charge in [0.1, 0.15) is 5.75 Å². The lowest BCUT2D eigenvalue weighted by Crippen LogP contribution is -2.30. The van der Waals surface area contributed by atoms with Crippen molar-refractivity contribution in [3.05, 3.63) is 84.3 Å². The Kier molecular flexibility index (Phi) is 11.2. The average Bonchev–Trinajstić information content (AvgIpc) is 3.37. The standard InChI is InChI=1S/C26H24F4N2O3.2C2H6/c1-15(18-7-9-21(23(12-18)33-4)25-14-31-17(3)34-25)32-11-5-6-20(16(32)2)19-8-10-22(27)24(13-19)35-26(28,29)30;2*1-2/h7-10,12-14,20H,1-2,5-6,11H2,3-4H3;2*1-2H3. The van der Waals surface area contributed by atoms with Crippen molar-refractivity contribution < 1.29 is 31.5 Å². The molecule has 0 N–H and O–H groups in total. The summed E-state index contributed by atoms with van der Waals surface area (Å²) in [7, 11) is 1.56. The summed E-state index contributed by atoms with van der Waals surface area (Å²) in [6.45, 7) is 18.8. The van der Waals surface area contributed by atoms with Crippen LogP contribution in [0.1, 0.15) is 63.5 Å². The predicted octanol–water partition coefficient (Wildman–Crippen LogP) is 9.11. The number of aryl methyl sites for hydroxylation is 1. The number of likely N-dealkylation sites (tertiary alicyclic amines) is 1. The molecule has 1 aromatic heterocycles. The second-order valence-corrected chi connectivity index (χ2v) is 8.18. The zero-order valence-electron chi connectivity index (χ0n) is 23.3. The van der Waals surface area contributed by atoms with Gasteiger partial charge in [-0.2, -0.15) is 0 Å².